The molecule has 0 radical (unpaired) electrons. The van der Waals surface area contributed by atoms with Crippen LogP contribution < -0.4 is 5.32 Å². The number of amides is 1. The van der Waals surface area contributed by atoms with Crippen LogP contribution in [0.25, 0.3) is 0 Å². The lowest BCUT2D eigenvalue weighted by atomic mass is 10.0. The van der Waals surface area contributed by atoms with Crippen molar-refractivity contribution < 1.29 is 9.53 Å². The predicted octanol–water partition coefficient (Wildman–Crippen LogP) is 1.35. The molecular formula is C16H28N4O2. The van der Waals surface area contributed by atoms with Crippen molar-refractivity contribution in [1.82, 2.24) is 19.8 Å². The smallest absolute Gasteiger partial charge is 0.220 e. The van der Waals surface area contributed by atoms with Crippen molar-refractivity contribution in [2.75, 3.05) is 32.8 Å². The lowest BCUT2D eigenvalue weighted by Crippen LogP contribution is -2.38. The second kappa shape index (κ2) is 8.29. The number of ether oxygens (including phenoxy) is 1. The van der Waals surface area contributed by atoms with Gasteiger partial charge in [0.1, 0.15) is 5.82 Å². The van der Waals surface area contributed by atoms with Crippen LogP contribution in [0, 0.1) is 5.92 Å². The van der Waals surface area contributed by atoms with Crippen molar-refractivity contribution >= 4 is 5.91 Å². The molecule has 1 fully saturated rings. The number of imidazole rings is 1. The van der Waals surface area contributed by atoms with Gasteiger partial charge in [0.25, 0.3) is 0 Å². The molecule has 1 aliphatic rings. The summed E-state index contributed by atoms with van der Waals surface area (Å²) in [5, 5.41) is 3.13. The van der Waals surface area contributed by atoms with E-state index in [9.17, 15) is 4.79 Å². The minimum atomic E-state index is -0.0316. The molecule has 124 valence electrons. The average molecular weight is 308 g/mol. The van der Waals surface area contributed by atoms with E-state index in [4.69, 9.17) is 4.74 Å². The number of nitrogens with zero attached hydrogens (tertiary/aromatic N) is 3. The zero-order valence-corrected chi connectivity index (χ0v) is 13.9. The fraction of sp³-hybridized carbons (Fsp3) is 0.750. The highest BCUT2D eigenvalue weighted by atomic mass is 16.5. The van der Waals surface area contributed by atoms with Crippen LogP contribution in [-0.2, 0) is 16.6 Å². The maximum atomic E-state index is 12.2. The monoisotopic (exact) mass is 308 g/mol. The molecule has 0 spiro atoms. The zero-order valence-electron chi connectivity index (χ0n) is 13.9. The van der Waals surface area contributed by atoms with Gasteiger partial charge in [-0.15, -0.1) is 0 Å². The maximum Gasteiger partial charge on any atom is 0.220 e. The van der Waals surface area contributed by atoms with Gasteiger partial charge in [-0.1, -0.05) is 13.8 Å². The SMILES string of the molecule is CC(C)[C@H](NC(=O)CCCN1CCOCC1)c1nccn1C. The zero-order chi connectivity index (χ0) is 15.9. The number of rotatable bonds is 7. The van der Waals surface area contributed by atoms with Crippen molar-refractivity contribution in [2.24, 2.45) is 13.0 Å². The van der Waals surface area contributed by atoms with Crippen molar-refractivity contribution in [3.05, 3.63) is 18.2 Å². The molecule has 0 unspecified atom stereocenters. The van der Waals surface area contributed by atoms with Gasteiger partial charge in [0.05, 0.1) is 19.3 Å². The highest BCUT2D eigenvalue weighted by molar-refractivity contribution is 5.76. The van der Waals surface area contributed by atoms with Crippen LogP contribution in [0.1, 0.15) is 38.6 Å². The van der Waals surface area contributed by atoms with Gasteiger partial charge >= 0.3 is 0 Å². The van der Waals surface area contributed by atoms with E-state index in [1.54, 1.807) is 6.20 Å². The summed E-state index contributed by atoms with van der Waals surface area (Å²) in [5.41, 5.74) is 0. The standard InChI is InChI=1S/C16H28N4O2/c1-13(2)15(16-17-6-8-19(16)3)18-14(21)5-4-7-20-9-11-22-12-10-20/h6,8,13,15H,4-5,7,9-12H2,1-3H3,(H,18,21)/t15-/m0/s1. The summed E-state index contributed by atoms with van der Waals surface area (Å²) < 4.78 is 7.30. The molecule has 22 heavy (non-hydrogen) atoms. The predicted molar refractivity (Wildman–Crippen MR) is 85.4 cm³/mol. The van der Waals surface area contributed by atoms with E-state index in [0.29, 0.717) is 12.3 Å². The van der Waals surface area contributed by atoms with Gasteiger partial charge in [-0.2, -0.15) is 0 Å². The Balaban J connectivity index is 1.77. The van der Waals surface area contributed by atoms with Crippen LogP contribution in [-0.4, -0.2) is 53.2 Å². The first-order valence-corrected chi connectivity index (χ1v) is 8.14. The number of aryl methyl sites for hydroxylation is 1. The number of nitrogens with one attached hydrogen (secondary N) is 1. The summed E-state index contributed by atoms with van der Waals surface area (Å²) in [7, 11) is 1.96. The third-order valence-electron chi connectivity index (χ3n) is 4.10. The summed E-state index contributed by atoms with van der Waals surface area (Å²) in [6.45, 7) is 8.74. The van der Waals surface area contributed by atoms with Crippen molar-refractivity contribution in [3.8, 4) is 0 Å². The first-order valence-electron chi connectivity index (χ1n) is 8.14. The van der Waals surface area contributed by atoms with Gasteiger partial charge in [0.15, 0.2) is 0 Å². The molecule has 6 heteroatoms. The molecule has 0 bridgehead atoms. The molecular weight excluding hydrogens is 280 g/mol. The lowest BCUT2D eigenvalue weighted by Gasteiger charge is -2.26. The molecule has 1 N–H and O–H groups in total. The Morgan fingerprint density at radius 3 is 2.73 bits per heavy atom. The van der Waals surface area contributed by atoms with Crippen LogP contribution >= 0.6 is 0 Å². The van der Waals surface area contributed by atoms with E-state index < -0.39 is 0 Å². The number of carbonyl (C=O) groups excluding carboxylic acids is 1. The lowest BCUT2D eigenvalue weighted by molar-refractivity contribution is -0.122. The van der Waals surface area contributed by atoms with Crippen molar-refractivity contribution in [2.45, 2.75) is 32.7 Å². The maximum absolute atomic E-state index is 12.2. The second-order valence-electron chi connectivity index (χ2n) is 6.24. The molecule has 1 aromatic rings. The molecule has 1 atom stereocenters. The molecule has 1 aliphatic heterocycles. The highest BCUT2D eigenvalue weighted by Gasteiger charge is 2.21. The molecule has 1 saturated heterocycles. The Kier molecular flexibility index (Phi) is 6.39. The van der Waals surface area contributed by atoms with E-state index in [2.05, 4.69) is 29.0 Å². The summed E-state index contributed by atoms with van der Waals surface area (Å²) in [5.74, 6) is 1.33. The molecule has 1 amide bonds. The van der Waals surface area contributed by atoms with Crippen LogP contribution in [0.15, 0.2) is 12.4 Å². The quantitative estimate of drug-likeness (QED) is 0.826. The Bertz CT molecular complexity index is 466. The van der Waals surface area contributed by atoms with Crippen LogP contribution in [0.3, 0.4) is 0 Å². The third kappa shape index (κ3) is 4.81. The summed E-state index contributed by atoms with van der Waals surface area (Å²) in [4.78, 5) is 18.9. The van der Waals surface area contributed by atoms with E-state index in [0.717, 1.165) is 45.1 Å². The molecule has 1 aromatic heterocycles. The third-order valence-corrected chi connectivity index (χ3v) is 4.10. The van der Waals surface area contributed by atoms with Gasteiger partial charge in [-0.05, 0) is 18.9 Å². The summed E-state index contributed by atoms with van der Waals surface area (Å²) in [6.07, 6.45) is 5.13. The average Bonchev–Trinajstić information content (AvgIpc) is 2.91. The minimum absolute atomic E-state index is 0.0316. The largest absolute Gasteiger partial charge is 0.379 e. The fourth-order valence-electron chi connectivity index (χ4n) is 2.74. The number of carbonyl (C=O) groups is 1. The molecule has 0 saturated carbocycles. The number of aromatic nitrogens is 2. The second-order valence-corrected chi connectivity index (χ2v) is 6.24. The van der Waals surface area contributed by atoms with E-state index in [1.807, 2.05) is 17.8 Å². The van der Waals surface area contributed by atoms with Crippen LogP contribution in [0.4, 0.5) is 0 Å². The van der Waals surface area contributed by atoms with Crippen molar-refractivity contribution in [1.29, 1.82) is 0 Å². The van der Waals surface area contributed by atoms with Gasteiger partial charge in [0.2, 0.25) is 5.91 Å². The molecule has 2 heterocycles. The fourth-order valence-corrected chi connectivity index (χ4v) is 2.74. The number of hydrogen-bond donors (Lipinski definition) is 1. The molecule has 0 aromatic carbocycles. The van der Waals surface area contributed by atoms with Crippen molar-refractivity contribution in [3.63, 3.8) is 0 Å². The van der Waals surface area contributed by atoms with E-state index in [1.165, 1.54) is 0 Å². The van der Waals surface area contributed by atoms with E-state index >= 15 is 0 Å². The molecule has 6 nitrogen and oxygen atoms in total. The van der Waals surface area contributed by atoms with Crippen LogP contribution in [0.5, 0.6) is 0 Å². The Morgan fingerprint density at radius 1 is 1.41 bits per heavy atom. The number of morpholine rings is 1. The minimum Gasteiger partial charge on any atom is -0.379 e. The Hall–Kier alpha value is -1.40. The summed E-state index contributed by atoms with van der Waals surface area (Å²) >= 11 is 0. The molecule has 0 aliphatic carbocycles. The first kappa shape index (κ1) is 17.0. The Labute approximate surface area is 132 Å². The van der Waals surface area contributed by atoms with Gasteiger partial charge in [0, 0.05) is 39.0 Å². The number of hydrogen-bond acceptors (Lipinski definition) is 4. The van der Waals surface area contributed by atoms with Crippen LogP contribution in [0.2, 0.25) is 0 Å². The van der Waals surface area contributed by atoms with Gasteiger partial charge in [-0.25, -0.2) is 4.98 Å². The molecule has 2 rings (SSSR count). The van der Waals surface area contributed by atoms with E-state index in [-0.39, 0.29) is 11.9 Å². The normalized spacial score (nSPS) is 17.6. The Morgan fingerprint density at radius 2 is 2.14 bits per heavy atom. The highest BCUT2D eigenvalue weighted by Crippen LogP contribution is 2.19. The topological polar surface area (TPSA) is 59.4 Å². The van der Waals surface area contributed by atoms with Gasteiger partial charge < -0.3 is 14.6 Å². The van der Waals surface area contributed by atoms with Gasteiger partial charge in [-0.3, -0.25) is 9.69 Å². The first-order chi connectivity index (χ1) is 10.6. The summed E-state index contributed by atoms with van der Waals surface area (Å²) in [6, 6.07) is -0.0316.